The number of hydrogen-bond donors (Lipinski definition) is 1. The monoisotopic (exact) mass is 432 g/mol. The summed E-state index contributed by atoms with van der Waals surface area (Å²) < 4.78 is 11.6. The molecule has 2 heterocycles. The second-order valence-corrected chi connectivity index (χ2v) is 8.08. The lowest BCUT2D eigenvalue weighted by Crippen LogP contribution is -2.25. The van der Waals surface area contributed by atoms with Gasteiger partial charge in [-0.3, -0.25) is 0 Å². The van der Waals surface area contributed by atoms with E-state index in [2.05, 4.69) is 41.7 Å². The highest BCUT2D eigenvalue weighted by molar-refractivity contribution is 6.32. The quantitative estimate of drug-likeness (QED) is 0.384. The van der Waals surface area contributed by atoms with E-state index >= 15 is 0 Å². The van der Waals surface area contributed by atoms with Crippen LogP contribution in [0.15, 0.2) is 48.5 Å². The molecular formula is C26H25ClN2O2. The minimum absolute atomic E-state index is 0.528. The van der Waals surface area contributed by atoms with E-state index < -0.39 is 0 Å². The molecule has 3 aromatic carbocycles. The third kappa shape index (κ3) is 3.50. The van der Waals surface area contributed by atoms with Crippen LogP contribution in [0.4, 0.5) is 0 Å². The van der Waals surface area contributed by atoms with Crippen molar-refractivity contribution in [3.63, 3.8) is 0 Å². The Labute approximate surface area is 187 Å². The highest BCUT2D eigenvalue weighted by Crippen LogP contribution is 2.42. The molecular weight excluding hydrogens is 408 g/mol. The molecule has 0 spiro atoms. The van der Waals surface area contributed by atoms with E-state index in [9.17, 15) is 0 Å². The van der Waals surface area contributed by atoms with Gasteiger partial charge in [0.2, 0.25) is 0 Å². The Bertz CT molecular complexity index is 1290. The van der Waals surface area contributed by atoms with Gasteiger partial charge in [-0.2, -0.15) is 0 Å². The highest BCUT2D eigenvalue weighted by atomic mass is 35.5. The Morgan fingerprint density at radius 3 is 2.68 bits per heavy atom. The molecule has 0 bridgehead atoms. The minimum Gasteiger partial charge on any atom is -0.490 e. The Morgan fingerprint density at radius 1 is 1.00 bits per heavy atom. The zero-order chi connectivity index (χ0) is 21.4. The molecule has 1 aliphatic rings. The predicted octanol–water partition coefficient (Wildman–Crippen LogP) is 6.15. The van der Waals surface area contributed by atoms with Crippen LogP contribution in [0.3, 0.4) is 0 Å². The average Bonchev–Trinajstić information content (AvgIpc) is 2.80. The normalized spacial score (nSPS) is 13.4. The maximum absolute atomic E-state index is 6.63. The fraction of sp³-hybridized carbons (Fsp3) is 0.269. The van der Waals surface area contributed by atoms with Gasteiger partial charge in [-0.15, -0.1) is 0 Å². The van der Waals surface area contributed by atoms with Crippen LogP contribution in [0.1, 0.15) is 25.0 Å². The van der Waals surface area contributed by atoms with Crippen molar-refractivity contribution >= 4 is 33.3 Å². The van der Waals surface area contributed by atoms with Gasteiger partial charge in [-0.05, 0) is 66.9 Å². The summed E-state index contributed by atoms with van der Waals surface area (Å²) >= 11 is 6.63. The Hall–Kier alpha value is -2.82. The molecule has 5 heteroatoms. The molecule has 158 valence electrons. The minimum atomic E-state index is 0.528. The van der Waals surface area contributed by atoms with Crippen molar-refractivity contribution in [3.05, 3.63) is 64.7 Å². The lowest BCUT2D eigenvalue weighted by molar-refractivity contribution is 0.288. The van der Waals surface area contributed by atoms with Gasteiger partial charge < -0.3 is 14.8 Å². The van der Waals surface area contributed by atoms with Crippen molar-refractivity contribution in [2.75, 3.05) is 19.8 Å². The topological polar surface area (TPSA) is 43.4 Å². The summed E-state index contributed by atoms with van der Waals surface area (Å²) in [6, 6.07) is 16.8. The Kier molecular flexibility index (Phi) is 5.43. The van der Waals surface area contributed by atoms with Crippen LogP contribution >= 0.6 is 11.6 Å². The summed E-state index contributed by atoms with van der Waals surface area (Å²) in [6.45, 7) is 6.71. The first-order chi connectivity index (χ1) is 15.2. The zero-order valence-electron chi connectivity index (χ0n) is 17.8. The highest BCUT2D eigenvalue weighted by Gasteiger charge is 2.22. The van der Waals surface area contributed by atoms with Crippen molar-refractivity contribution in [1.82, 2.24) is 10.3 Å². The second-order valence-electron chi connectivity index (χ2n) is 7.68. The van der Waals surface area contributed by atoms with Gasteiger partial charge in [-0.1, -0.05) is 41.9 Å². The third-order valence-electron chi connectivity index (χ3n) is 5.82. The van der Waals surface area contributed by atoms with E-state index in [-0.39, 0.29) is 0 Å². The molecule has 0 saturated heterocycles. The maximum Gasteiger partial charge on any atom is 0.179 e. The van der Waals surface area contributed by atoms with E-state index in [1.54, 1.807) is 0 Å². The van der Waals surface area contributed by atoms with Crippen LogP contribution in [0.5, 0.6) is 11.5 Å². The first kappa shape index (κ1) is 20.1. The van der Waals surface area contributed by atoms with Gasteiger partial charge in [0.05, 0.1) is 29.4 Å². The van der Waals surface area contributed by atoms with Gasteiger partial charge >= 0.3 is 0 Å². The number of nitrogens with one attached hydrogen (secondary N) is 1. The lowest BCUT2D eigenvalue weighted by atomic mass is 9.90. The summed E-state index contributed by atoms with van der Waals surface area (Å²) in [4.78, 5) is 5.13. The first-order valence-corrected chi connectivity index (χ1v) is 11.2. The number of fused-ring (bicyclic) bond motifs is 5. The van der Waals surface area contributed by atoms with E-state index in [0.717, 1.165) is 36.3 Å². The molecule has 0 atom stereocenters. The van der Waals surface area contributed by atoms with Crippen molar-refractivity contribution in [2.24, 2.45) is 0 Å². The smallest absolute Gasteiger partial charge is 0.179 e. The number of hydrogen-bond acceptors (Lipinski definition) is 4. The first-order valence-electron chi connectivity index (χ1n) is 10.8. The molecule has 0 unspecified atom stereocenters. The summed E-state index contributed by atoms with van der Waals surface area (Å²) in [5.74, 6) is 1.25. The second kappa shape index (κ2) is 8.37. The van der Waals surface area contributed by atoms with Gasteiger partial charge in [0.15, 0.2) is 11.5 Å². The molecule has 0 fully saturated rings. The fourth-order valence-corrected chi connectivity index (χ4v) is 4.80. The van der Waals surface area contributed by atoms with Crippen molar-refractivity contribution in [3.8, 4) is 22.8 Å². The molecule has 1 aromatic heterocycles. The van der Waals surface area contributed by atoms with Crippen LogP contribution < -0.4 is 14.8 Å². The SMILES string of the molecule is CCOc1cc(-c2nc3ccc4ccccc4c3c3c2CNCC3)cc(Cl)c1OCC. The van der Waals surface area contributed by atoms with Crippen molar-refractivity contribution in [2.45, 2.75) is 26.8 Å². The van der Waals surface area contributed by atoms with Crippen LogP contribution in [-0.4, -0.2) is 24.7 Å². The van der Waals surface area contributed by atoms with Crippen LogP contribution in [0.25, 0.3) is 32.9 Å². The van der Waals surface area contributed by atoms with E-state index in [1.165, 1.54) is 27.3 Å². The summed E-state index contributed by atoms with van der Waals surface area (Å²) in [6.07, 6.45) is 0.971. The molecule has 4 nitrogen and oxygen atoms in total. The number of pyridine rings is 1. The molecule has 0 aliphatic carbocycles. The average molecular weight is 433 g/mol. The molecule has 4 aromatic rings. The van der Waals surface area contributed by atoms with E-state index in [0.29, 0.717) is 29.7 Å². The summed E-state index contributed by atoms with van der Waals surface area (Å²) in [5.41, 5.74) is 5.52. The molecule has 1 N–H and O–H groups in total. The Balaban J connectivity index is 1.79. The van der Waals surface area contributed by atoms with Gasteiger partial charge in [0.1, 0.15) is 0 Å². The van der Waals surface area contributed by atoms with Crippen molar-refractivity contribution < 1.29 is 9.47 Å². The van der Waals surface area contributed by atoms with E-state index in [1.807, 2.05) is 26.0 Å². The van der Waals surface area contributed by atoms with Gasteiger partial charge in [-0.25, -0.2) is 4.98 Å². The Morgan fingerprint density at radius 2 is 1.84 bits per heavy atom. The van der Waals surface area contributed by atoms with Crippen LogP contribution in [0.2, 0.25) is 5.02 Å². The maximum atomic E-state index is 6.63. The van der Waals surface area contributed by atoms with Crippen molar-refractivity contribution in [1.29, 1.82) is 0 Å². The summed E-state index contributed by atoms with van der Waals surface area (Å²) in [7, 11) is 0. The van der Waals surface area contributed by atoms with E-state index in [4.69, 9.17) is 26.1 Å². The molecule has 0 amide bonds. The zero-order valence-corrected chi connectivity index (χ0v) is 18.6. The number of nitrogens with zero attached hydrogens (tertiary/aromatic N) is 1. The molecule has 1 aliphatic heterocycles. The third-order valence-corrected chi connectivity index (χ3v) is 6.10. The number of benzene rings is 3. The number of halogens is 1. The summed E-state index contributed by atoms with van der Waals surface area (Å²) in [5, 5.41) is 7.83. The number of ether oxygens (including phenoxy) is 2. The lowest BCUT2D eigenvalue weighted by Gasteiger charge is -2.24. The van der Waals surface area contributed by atoms with Gasteiger partial charge in [0.25, 0.3) is 0 Å². The molecule has 31 heavy (non-hydrogen) atoms. The molecule has 0 radical (unpaired) electrons. The molecule has 0 saturated carbocycles. The largest absolute Gasteiger partial charge is 0.490 e. The standard InChI is InChI=1S/C26H25ClN2O2/c1-3-30-23-14-17(13-21(27)26(23)31-4-2)25-20-15-28-12-11-19(20)24-18-8-6-5-7-16(18)9-10-22(24)29-25/h5-10,13-14,28H,3-4,11-12,15H2,1-2H3. The van der Waals surface area contributed by atoms with Crippen LogP contribution in [0, 0.1) is 0 Å². The molecule has 5 rings (SSSR count). The number of aromatic nitrogens is 1. The van der Waals surface area contributed by atoms with Gasteiger partial charge in [0, 0.05) is 17.5 Å². The predicted molar refractivity (Wildman–Crippen MR) is 127 cm³/mol. The number of rotatable bonds is 5. The van der Waals surface area contributed by atoms with Crippen LogP contribution in [-0.2, 0) is 13.0 Å². The fourth-order valence-electron chi connectivity index (χ4n) is 4.54.